The normalized spacial score (nSPS) is 11.9. The molecule has 2 amide bonds. The van der Waals surface area contributed by atoms with Crippen molar-refractivity contribution in [3.63, 3.8) is 0 Å². The van der Waals surface area contributed by atoms with Gasteiger partial charge in [0.2, 0.25) is 0 Å². The molecule has 0 unspecified atom stereocenters. The smallest absolute Gasteiger partial charge is 0.326 e. The van der Waals surface area contributed by atoms with Gasteiger partial charge in [0.1, 0.15) is 6.04 Å². The van der Waals surface area contributed by atoms with Crippen LogP contribution in [-0.4, -0.2) is 48.2 Å². The topological polar surface area (TPSA) is 104 Å². The number of aliphatic carboxylic acids is 1. The summed E-state index contributed by atoms with van der Waals surface area (Å²) in [6.45, 7) is 0.951. The predicted octanol–water partition coefficient (Wildman–Crippen LogP) is -0.159. The molecular weight excluding hydrogens is 230 g/mol. The quantitative estimate of drug-likeness (QED) is 0.447. The second kappa shape index (κ2) is 9.29. The number of amides is 2. The lowest BCUT2D eigenvalue weighted by Gasteiger charge is -2.14. The Hall–Kier alpha value is -0.950. The van der Waals surface area contributed by atoms with E-state index in [1.807, 2.05) is 6.26 Å². The van der Waals surface area contributed by atoms with E-state index in [9.17, 15) is 9.59 Å². The van der Waals surface area contributed by atoms with E-state index in [-0.39, 0.29) is 0 Å². The minimum Gasteiger partial charge on any atom is -0.480 e. The number of hydrogen-bond acceptors (Lipinski definition) is 4. The van der Waals surface area contributed by atoms with E-state index in [0.717, 1.165) is 0 Å². The highest BCUT2D eigenvalue weighted by atomic mass is 32.2. The van der Waals surface area contributed by atoms with Crippen LogP contribution in [0.3, 0.4) is 0 Å². The Morgan fingerprint density at radius 3 is 2.69 bits per heavy atom. The molecule has 0 saturated carbocycles. The molecule has 0 saturated heterocycles. The van der Waals surface area contributed by atoms with Gasteiger partial charge >= 0.3 is 12.0 Å². The highest BCUT2D eigenvalue weighted by molar-refractivity contribution is 7.98. The van der Waals surface area contributed by atoms with Crippen LogP contribution < -0.4 is 16.4 Å². The number of carboxylic acids is 1. The van der Waals surface area contributed by atoms with Crippen molar-refractivity contribution in [1.29, 1.82) is 0 Å². The molecule has 0 aromatic rings. The van der Waals surface area contributed by atoms with Crippen LogP contribution >= 0.6 is 11.8 Å². The number of thioether (sulfide) groups is 1. The first-order valence-corrected chi connectivity index (χ1v) is 6.47. The van der Waals surface area contributed by atoms with E-state index in [2.05, 4.69) is 10.6 Å². The first-order chi connectivity index (χ1) is 7.61. The molecule has 5 N–H and O–H groups in total. The van der Waals surface area contributed by atoms with Crippen molar-refractivity contribution in [2.24, 2.45) is 5.73 Å². The van der Waals surface area contributed by atoms with Crippen LogP contribution in [0.5, 0.6) is 0 Å². The van der Waals surface area contributed by atoms with Crippen LogP contribution in [0.25, 0.3) is 0 Å². The average molecular weight is 249 g/mol. The molecule has 0 rings (SSSR count). The first kappa shape index (κ1) is 15.0. The van der Waals surface area contributed by atoms with Gasteiger partial charge in [-0.1, -0.05) is 0 Å². The van der Waals surface area contributed by atoms with E-state index >= 15 is 0 Å². The average Bonchev–Trinajstić information content (AvgIpc) is 2.24. The highest BCUT2D eigenvalue weighted by Gasteiger charge is 2.18. The zero-order valence-electron chi connectivity index (χ0n) is 9.36. The first-order valence-electron chi connectivity index (χ1n) is 5.08. The molecule has 1 atom stereocenters. The summed E-state index contributed by atoms with van der Waals surface area (Å²) < 4.78 is 0. The number of nitrogens with two attached hydrogens (primary N) is 1. The Morgan fingerprint density at radius 1 is 1.50 bits per heavy atom. The van der Waals surface area contributed by atoms with E-state index in [4.69, 9.17) is 10.8 Å². The molecule has 0 spiro atoms. The number of urea groups is 1. The molecule has 0 aromatic carbocycles. The fourth-order valence-electron chi connectivity index (χ4n) is 1.01. The lowest BCUT2D eigenvalue weighted by molar-refractivity contribution is -0.139. The Bertz CT molecular complexity index is 226. The summed E-state index contributed by atoms with van der Waals surface area (Å²) in [7, 11) is 0. The molecule has 16 heavy (non-hydrogen) atoms. The molecule has 0 radical (unpaired) electrons. The van der Waals surface area contributed by atoms with Gasteiger partial charge in [-0.05, 0) is 31.4 Å². The third kappa shape index (κ3) is 7.36. The van der Waals surface area contributed by atoms with Crippen LogP contribution in [0.2, 0.25) is 0 Å². The summed E-state index contributed by atoms with van der Waals surface area (Å²) in [5.74, 6) is -0.317. The van der Waals surface area contributed by atoms with Gasteiger partial charge in [0.15, 0.2) is 0 Å². The molecule has 0 aromatic heterocycles. The standard InChI is InChI=1S/C9H19N3O3S/c1-16-6-3-7(8(13)14)12-9(15)11-5-2-4-10/h7H,2-6,10H2,1H3,(H,13,14)(H2,11,12,15)/t7-/m1/s1. The number of nitrogens with one attached hydrogen (secondary N) is 2. The number of rotatable bonds is 8. The Kier molecular flexibility index (Phi) is 8.74. The predicted molar refractivity (Wildman–Crippen MR) is 64.6 cm³/mol. The highest BCUT2D eigenvalue weighted by Crippen LogP contribution is 2.00. The van der Waals surface area contributed by atoms with Crippen molar-refractivity contribution in [3.05, 3.63) is 0 Å². The van der Waals surface area contributed by atoms with Gasteiger partial charge in [0.25, 0.3) is 0 Å². The number of carboxylic acid groups (broad SMARTS) is 1. The second-order valence-electron chi connectivity index (χ2n) is 3.21. The fraction of sp³-hybridized carbons (Fsp3) is 0.778. The molecule has 0 aliphatic rings. The van der Waals surface area contributed by atoms with Gasteiger partial charge in [-0.15, -0.1) is 0 Å². The Labute approximate surface area is 99.3 Å². The zero-order valence-corrected chi connectivity index (χ0v) is 10.2. The molecule has 6 nitrogen and oxygen atoms in total. The van der Waals surface area contributed by atoms with Crippen molar-refractivity contribution in [2.45, 2.75) is 18.9 Å². The van der Waals surface area contributed by atoms with Crippen LogP contribution in [0.15, 0.2) is 0 Å². The lowest BCUT2D eigenvalue weighted by Crippen LogP contribution is -2.46. The SMILES string of the molecule is CSCC[C@@H](NC(=O)NCCCN)C(=O)O. The minimum absolute atomic E-state index is 0.417. The van der Waals surface area contributed by atoms with E-state index in [1.54, 1.807) is 11.8 Å². The van der Waals surface area contributed by atoms with Crippen LogP contribution in [0.1, 0.15) is 12.8 Å². The summed E-state index contributed by atoms with van der Waals surface area (Å²) in [6.07, 6.45) is 2.98. The van der Waals surface area contributed by atoms with Gasteiger partial charge in [-0.25, -0.2) is 9.59 Å². The number of carbonyl (C=O) groups excluding carboxylic acids is 1. The zero-order chi connectivity index (χ0) is 12.4. The number of hydrogen-bond donors (Lipinski definition) is 4. The van der Waals surface area contributed by atoms with Gasteiger partial charge in [0, 0.05) is 6.54 Å². The molecule has 0 heterocycles. The van der Waals surface area contributed by atoms with Crippen molar-refractivity contribution in [2.75, 3.05) is 25.1 Å². The number of carbonyl (C=O) groups is 2. The molecule has 0 aliphatic carbocycles. The van der Waals surface area contributed by atoms with Crippen molar-refractivity contribution in [3.8, 4) is 0 Å². The maximum Gasteiger partial charge on any atom is 0.326 e. The van der Waals surface area contributed by atoms with Crippen molar-refractivity contribution >= 4 is 23.8 Å². The molecule has 94 valence electrons. The molecule has 0 bridgehead atoms. The van der Waals surface area contributed by atoms with Crippen LogP contribution in [0.4, 0.5) is 4.79 Å². The van der Waals surface area contributed by atoms with Crippen LogP contribution in [0, 0.1) is 0 Å². The molecule has 7 heteroatoms. The van der Waals surface area contributed by atoms with Crippen LogP contribution in [-0.2, 0) is 4.79 Å². The van der Waals surface area contributed by atoms with Gasteiger partial charge < -0.3 is 21.5 Å². The fourth-order valence-corrected chi connectivity index (χ4v) is 1.48. The molecule has 0 fully saturated rings. The largest absolute Gasteiger partial charge is 0.480 e. The maximum absolute atomic E-state index is 11.3. The lowest BCUT2D eigenvalue weighted by atomic mass is 10.2. The van der Waals surface area contributed by atoms with Crippen molar-refractivity contribution < 1.29 is 14.7 Å². The summed E-state index contributed by atoms with van der Waals surface area (Å²) in [6, 6.07) is -1.28. The summed E-state index contributed by atoms with van der Waals surface area (Å²) in [5.41, 5.74) is 5.26. The Morgan fingerprint density at radius 2 is 2.19 bits per heavy atom. The minimum atomic E-state index is -1.01. The second-order valence-corrected chi connectivity index (χ2v) is 4.20. The summed E-state index contributed by atoms with van der Waals surface area (Å²) in [5, 5.41) is 13.8. The molecular formula is C9H19N3O3S. The van der Waals surface area contributed by atoms with Crippen molar-refractivity contribution in [1.82, 2.24) is 10.6 Å². The Balaban J connectivity index is 3.88. The van der Waals surface area contributed by atoms with E-state index < -0.39 is 18.0 Å². The van der Waals surface area contributed by atoms with Gasteiger partial charge in [-0.3, -0.25) is 0 Å². The van der Waals surface area contributed by atoms with E-state index in [1.165, 1.54) is 0 Å². The summed E-state index contributed by atoms with van der Waals surface area (Å²) >= 11 is 1.54. The van der Waals surface area contributed by atoms with E-state index in [0.29, 0.717) is 31.7 Å². The monoisotopic (exact) mass is 249 g/mol. The third-order valence-electron chi connectivity index (χ3n) is 1.88. The van der Waals surface area contributed by atoms with Gasteiger partial charge in [-0.2, -0.15) is 11.8 Å². The summed E-state index contributed by atoms with van der Waals surface area (Å²) in [4.78, 5) is 22.1. The third-order valence-corrected chi connectivity index (χ3v) is 2.52. The van der Waals surface area contributed by atoms with Gasteiger partial charge in [0.05, 0.1) is 0 Å². The maximum atomic E-state index is 11.3. The molecule has 0 aliphatic heterocycles.